The molecule has 4 atom stereocenters. The molecule has 5 rings (SSSR count). The Morgan fingerprint density at radius 3 is 2.74 bits per heavy atom. The fourth-order valence-electron chi connectivity index (χ4n) is 6.02. The number of fused-ring (bicyclic) bond motifs is 3. The number of aromatic nitrogens is 1. The van der Waals surface area contributed by atoms with E-state index in [9.17, 15) is 14.8 Å². The van der Waals surface area contributed by atoms with E-state index in [-0.39, 0.29) is 24.0 Å². The van der Waals surface area contributed by atoms with Gasteiger partial charge >= 0.3 is 6.03 Å². The van der Waals surface area contributed by atoms with Crippen LogP contribution in [0.1, 0.15) is 76.1 Å². The number of nitrogens with one attached hydrogen (secondary N) is 2. The summed E-state index contributed by atoms with van der Waals surface area (Å²) >= 11 is 0. The highest BCUT2D eigenvalue weighted by Crippen LogP contribution is 2.37. The molecule has 2 fully saturated rings. The summed E-state index contributed by atoms with van der Waals surface area (Å²) in [4.78, 5) is 26.4. The van der Waals surface area contributed by atoms with Gasteiger partial charge < -0.3 is 15.5 Å². The maximum Gasteiger partial charge on any atom is 0.315 e. The van der Waals surface area contributed by atoms with E-state index in [1.165, 1.54) is 11.2 Å². The number of hydrogen-bond donors (Lipinski definition) is 3. The number of carbonyl (C=O) groups is 2. The fraction of sp³-hybridized carbons (Fsp3) is 0.607. The number of aryl methyl sites for hydroxylation is 1. The molecule has 0 radical (unpaired) electrons. The van der Waals surface area contributed by atoms with Crippen molar-refractivity contribution >= 4 is 22.8 Å². The van der Waals surface area contributed by atoms with E-state index < -0.39 is 0 Å². The maximum absolute atomic E-state index is 12.9. The third kappa shape index (κ3) is 5.39. The molecule has 190 valence electrons. The number of benzene rings is 1. The van der Waals surface area contributed by atoms with Crippen molar-refractivity contribution in [3.63, 3.8) is 0 Å². The summed E-state index contributed by atoms with van der Waals surface area (Å²) in [6.45, 7) is 9.74. The van der Waals surface area contributed by atoms with Crippen LogP contribution in [0.2, 0.25) is 0 Å². The summed E-state index contributed by atoms with van der Waals surface area (Å²) in [7, 11) is 0. The first kappa shape index (κ1) is 25.3. The average molecular weight is 482 g/mol. The van der Waals surface area contributed by atoms with Crippen molar-refractivity contribution in [1.82, 2.24) is 15.5 Å². The van der Waals surface area contributed by atoms with Gasteiger partial charge in [0.05, 0.1) is 30.4 Å². The van der Waals surface area contributed by atoms with Gasteiger partial charge in [-0.15, -0.1) is 0 Å². The van der Waals surface area contributed by atoms with Crippen molar-refractivity contribution < 1.29 is 19.5 Å². The third-order valence-corrected chi connectivity index (χ3v) is 7.75. The second-order valence-corrected chi connectivity index (χ2v) is 10.6. The fourth-order valence-corrected chi connectivity index (χ4v) is 6.02. The molecule has 3 heterocycles. The monoisotopic (exact) mass is 481 g/mol. The minimum absolute atomic E-state index is 0.0374. The zero-order chi connectivity index (χ0) is 25.1. The maximum atomic E-state index is 12.9. The number of carbonyl (C=O) groups excluding carboxylic acids is 2. The molecule has 1 aromatic heterocycles. The zero-order valence-electron chi connectivity index (χ0n) is 21.6. The Morgan fingerprint density at radius 2 is 1.97 bits per heavy atom. The van der Waals surface area contributed by atoms with Gasteiger partial charge in [-0.1, -0.05) is 39.7 Å². The Bertz CT molecular complexity index is 1090. The van der Waals surface area contributed by atoms with E-state index in [4.69, 9.17) is 0 Å². The lowest BCUT2D eigenvalue weighted by atomic mass is 9.89. The lowest BCUT2D eigenvalue weighted by Crippen LogP contribution is -2.45. The quantitative estimate of drug-likeness (QED) is 0.339. The number of amides is 3. The van der Waals surface area contributed by atoms with Crippen molar-refractivity contribution in [2.24, 2.45) is 11.8 Å². The van der Waals surface area contributed by atoms with Gasteiger partial charge in [0.25, 0.3) is 5.52 Å². The molecule has 1 saturated carbocycles. The molecule has 7 heteroatoms. The molecule has 1 aromatic carbocycles. The molecule has 0 spiro atoms. The van der Waals surface area contributed by atoms with Gasteiger partial charge in [0.15, 0.2) is 0 Å². The van der Waals surface area contributed by atoms with Crippen molar-refractivity contribution in [2.75, 3.05) is 6.54 Å². The number of urea groups is 1. The molecule has 7 nitrogen and oxygen atoms in total. The summed E-state index contributed by atoms with van der Waals surface area (Å²) in [6.07, 6.45) is 6.44. The molecule has 0 bridgehead atoms. The second kappa shape index (κ2) is 10.8. The zero-order valence-corrected chi connectivity index (χ0v) is 21.6. The van der Waals surface area contributed by atoms with Crippen LogP contribution in [0.25, 0.3) is 10.9 Å². The number of hydrogen-bond acceptors (Lipinski definition) is 3. The molecule has 3 aliphatic rings. The Morgan fingerprint density at radius 1 is 1.20 bits per heavy atom. The molecule has 2 aromatic rings. The normalized spacial score (nSPS) is 24.8. The van der Waals surface area contributed by atoms with E-state index in [2.05, 4.69) is 37.5 Å². The molecular weight excluding hydrogens is 440 g/mol. The van der Waals surface area contributed by atoms with Crippen molar-refractivity contribution in [1.29, 1.82) is 0 Å². The standard InChI is InChI=1S/C25H32N4O3.C3H8/c1-15-7-8-17-13-18-14-28(10-9-21(18)29(32)22(17)11-15)23(30)6-4-3-5-19-16(2)12-20-24(19)27-25(31)26-20;1-3-2/h7-8,11,13,16,19-20,24H,3-6,9-10,12,14H2,1-2H3,(H2-,26,27,31,32);3H2,1-2H3/p+1/t16?,19-,20?,24?;/m1./s1. The van der Waals surface area contributed by atoms with Gasteiger partial charge in [-0.3, -0.25) is 10.0 Å². The molecule has 3 N–H and O–H groups in total. The first-order valence-corrected chi connectivity index (χ1v) is 13.3. The van der Waals surface area contributed by atoms with Crippen molar-refractivity contribution in [3.05, 3.63) is 41.1 Å². The minimum Gasteiger partial charge on any atom is -0.338 e. The highest BCUT2D eigenvalue weighted by atomic mass is 16.5. The summed E-state index contributed by atoms with van der Waals surface area (Å²) in [5.74, 6) is 1.28. The lowest BCUT2D eigenvalue weighted by Gasteiger charge is -2.27. The van der Waals surface area contributed by atoms with Crippen LogP contribution in [0.3, 0.4) is 0 Å². The number of unbranched alkanes of at least 4 members (excludes halogenated alkanes) is 1. The molecule has 2 aliphatic heterocycles. The minimum atomic E-state index is -0.0374. The Balaban J connectivity index is 0.000000917. The van der Waals surface area contributed by atoms with Crippen LogP contribution in [-0.2, 0) is 17.8 Å². The van der Waals surface area contributed by atoms with Gasteiger partial charge in [0, 0.05) is 29.3 Å². The van der Waals surface area contributed by atoms with Gasteiger partial charge in [-0.25, -0.2) is 4.79 Å². The van der Waals surface area contributed by atoms with Gasteiger partial charge in [-0.05, 0) is 55.7 Å². The smallest absolute Gasteiger partial charge is 0.315 e. The van der Waals surface area contributed by atoms with Crippen LogP contribution in [-0.4, -0.2) is 40.7 Å². The Hall–Kier alpha value is -2.83. The largest absolute Gasteiger partial charge is 0.338 e. The van der Waals surface area contributed by atoms with E-state index >= 15 is 0 Å². The topological polar surface area (TPSA) is 85.6 Å². The van der Waals surface area contributed by atoms with Crippen LogP contribution in [0.5, 0.6) is 0 Å². The van der Waals surface area contributed by atoms with E-state index in [0.717, 1.165) is 53.4 Å². The number of nitrogens with zero attached hydrogens (tertiary/aromatic N) is 2. The first-order chi connectivity index (χ1) is 16.8. The van der Waals surface area contributed by atoms with Gasteiger partial charge in [0.2, 0.25) is 11.6 Å². The van der Waals surface area contributed by atoms with E-state index in [1.54, 1.807) is 0 Å². The average Bonchev–Trinajstić information content (AvgIpc) is 3.32. The summed E-state index contributed by atoms with van der Waals surface area (Å²) in [5.41, 5.74) is 3.87. The van der Waals surface area contributed by atoms with Crippen LogP contribution >= 0.6 is 0 Å². The van der Waals surface area contributed by atoms with Crippen LogP contribution in [0.15, 0.2) is 24.3 Å². The predicted molar refractivity (Wildman–Crippen MR) is 136 cm³/mol. The van der Waals surface area contributed by atoms with Crippen LogP contribution in [0, 0.1) is 18.8 Å². The van der Waals surface area contributed by atoms with Gasteiger partial charge in [-0.2, -0.15) is 0 Å². The lowest BCUT2D eigenvalue weighted by molar-refractivity contribution is -0.890. The molecule has 1 saturated heterocycles. The van der Waals surface area contributed by atoms with E-state index in [1.807, 2.05) is 30.0 Å². The molecule has 35 heavy (non-hydrogen) atoms. The second-order valence-electron chi connectivity index (χ2n) is 10.6. The summed E-state index contributed by atoms with van der Waals surface area (Å²) in [5, 5.41) is 17.8. The highest BCUT2D eigenvalue weighted by Gasteiger charge is 2.45. The van der Waals surface area contributed by atoms with Gasteiger partial charge in [0.1, 0.15) is 0 Å². The SMILES string of the molecule is CCC.Cc1ccc2cc3c([n+](O)c2c1)CCN(C(=O)CCCC[C@@H]1C(C)CC2NC(=O)NC21)C3. The third-order valence-electron chi connectivity index (χ3n) is 7.75. The Kier molecular flexibility index (Phi) is 7.82. The molecule has 3 unspecified atom stereocenters. The molecule has 1 aliphatic carbocycles. The predicted octanol–water partition coefficient (Wildman–Crippen LogP) is 4.24. The summed E-state index contributed by atoms with van der Waals surface area (Å²) in [6, 6.07) is 8.65. The first-order valence-electron chi connectivity index (χ1n) is 13.3. The van der Waals surface area contributed by atoms with Crippen LogP contribution < -0.4 is 15.4 Å². The van der Waals surface area contributed by atoms with Crippen molar-refractivity contribution in [2.45, 2.75) is 91.3 Å². The highest BCUT2D eigenvalue weighted by molar-refractivity contribution is 5.79. The van der Waals surface area contributed by atoms with E-state index in [0.29, 0.717) is 37.8 Å². The Labute approximate surface area is 208 Å². The number of pyridine rings is 1. The molecule has 3 amide bonds. The van der Waals surface area contributed by atoms with Crippen molar-refractivity contribution in [3.8, 4) is 0 Å². The summed E-state index contributed by atoms with van der Waals surface area (Å²) < 4.78 is 1.31. The van der Waals surface area contributed by atoms with Crippen LogP contribution in [0.4, 0.5) is 4.79 Å². The number of rotatable bonds is 5. The molecular formula is C28H41N4O3+.